The fourth-order valence-electron chi connectivity index (χ4n) is 4.76. The van der Waals surface area contributed by atoms with E-state index in [0.29, 0.717) is 11.4 Å². The van der Waals surface area contributed by atoms with Crippen molar-refractivity contribution in [1.29, 1.82) is 0 Å². The average molecular weight is 474 g/mol. The molecule has 2 aromatic rings. The molecule has 1 saturated carbocycles. The maximum Gasteiger partial charge on any atom is 0.311 e. The van der Waals surface area contributed by atoms with Crippen molar-refractivity contribution in [3.05, 3.63) is 70.2 Å². The molecular formula is C26H29Cl2NO3. The number of carbonyl (C=O) groups excluding carboxylic acids is 2. The molecular weight excluding hydrogens is 445 g/mol. The predicted molar refractivity (Wildman–Crippen MR) is 127 cm³/mol. The van der Waals surface area contributed by atoms with Gasteiger partial charge >= 0.3 is 5.97 Å². The summed E-state index contributed by atoms with van der Waals surface area (Å²) in [5.41, 5.74) is 0.226. The molecule has 2 saturated heterocycles. The van der Waals surface area contributed by atoms with Crippen molar-refractivity contribution in [3.8, 4) is 0 Å². The van der Waals surface area contributed by atoms with E-state index in [0.717, 1.165) is 35.8 Å². The molecule has 3 atom stereocenters. The Morgan fingerprint density at radius 2 is 1.62 bits per heavy atom. The summed E-state index contributed by atoms with van der Waals surface area (Å²) < 4.78 is 5.38. The normalized spacial score (nSPS) is 25.5. The highest BCUT2D eigenvalue weighted by Crippen LogP contribution is 2.47. The van der Waals surface area contributed by atoms with Gasteiger partial charge in [-0.1, -0.05) is 73.3 Å². The van der Waals surface area contributed by atoms with Gasteiger partial charge in [0.1, 0.15) is 0 Å². The summed E-state index contributed by atoms with van der Waals surface area (Å²) in [6.45, 7) is 2.15. The highest BCUT2D eigenvalue weighted by molar-refractivity contribution is 6.30. The molecule has 4 nitrogen and oxygen atoms in total. The van der Waals surface area contributed by atoms with Gasteiger partial charge in [-0.3, -0.25) is 9.59 Å². The molecule has 2 unspecified atom stereocenters. The van der Waals surface area contributed by atoms with E-state index in [9.17, 15) is 9.59 Å². The Labute approximate surface area is 199 Å². The first-order valence-electron chi connectivity index (χ1n) is 11.4. The first-order chi connectivity index (χ1) is 15.4. The highest BCUT2D eigenvalue weighted by Gasteiger charge is 2.58. The van der Waals surface area contributed by atoms with Gasteiger partial charge in [-0.25, -0.2) is 0 Å². The van der Waals surface area contributed by atoms with Crippen LogP contribution in [0.5, 0.6) is 0 Å². The summed E-state index contributed by atoms with van der Waals surface area (Å²) >= 11 is 11.6. The molecule has 6 heteroatoms. The minimum atomic E-state index is -0.892. The lowest BCUT2D eigenvalue weighted by Gasteiger charge is -2.51. The second-order valence-electron chi connectivity index (χ2n) is 9.00. The van der Waals surface area contributed by atoms with Gasteiger partial charge in [0.25, 0.3) is 5.91 Å². The second kappa shape index (κ2) is 9.84. The molecule has 32 heavy (non-hydrogen) atoms. The summed E-state index contributed by atoms with van der Waals surface area (Å²) in [4.78, 5) is 26.8. The largest absolute Gasteiger partial charge is 0.448 e. The zero-order chi connectivity index (χ0) is 22.7. The van der Waals surface area contributed by atoms with Crippen molar-refractivity contribution in [2.75, 3.05) is 0 Å². The van der Waals surface area contributed by atoms with E-state index >= 15 is 0 Å². The Balaban J connectivity index is 0.000000300. The third kappa shape index (κ3) is 5.13. The van der Waals surface area contributed by atoms with Crippen molar-refractivity contribution in [3.63, 3.8) is 0 Å². The molecule has 0 aromatic heterocycles. The van der Waals surface area contributed by atoms with E-state index in [1.54, 1.807) is 0 Å². The Morgan fingerprint density at radius 3 is 2.12 bits per heavy atom. The van der Waals surface area contributed by atoms with Crippen LogP contribution in [0, 0.1) is 5.92 Å². The van der Waals surface area contributed by atoms with E-state index < -0.39 is 5.60 Å². The number of nitrogens with zero attached hydrogens (tertiary/aromatic N) is 1. The Hall–Kier alpha value is -2.04. The third-order valence-electron chi connectivity index (χ3n) is 6.68. The predicted octanol–water partition coefficient (Wildman–Crippen LogP) is 6.61. The zero-order valence-corrected chi connectivity index (χ0v) is 19.8. The van der Waals surface area contributed by atoms with Gasteiger partial charge in [0.15, 0.2) is 0 Å². The maximum absolute atomic E-state index is 13.4. The van der Waals surface area contributed by atoms with Gasteiger partial charge in [-0.2, -0.15) is 0 Å². The number of piperidine rings is 1. The summed E-state index contributed by atoms with van der Waals surface area (Å²) in [6, 6.07) is 17.5. The fourth-order valence-corrected chi connectivity index (χ4v) is 5.03. The molecule has 0 N–H and O–H groups in total. The number of ether oxygens (including phenoxy) is 1. The van der Waals surface area contributed by atoms with Crippen LogP contribution in [0.3, 0.4) is 0 Å². The molecule has 1 amide bonds. The van der Waals surface area contributed by atoms with Crippen molar-refractivity contribution >= 4 is 35.1 Å². The minimum absolute atomic E-state index is 0.00537. The summed E-state index contributed by atoms with van der Waals surface area (Å²) in [5.74, 6) is 0.490. The number of rotatable bonds is 5. The Bertz CT molecular complexity index is 935. The summed E-state index contributed by atoms with van der Waals surface area (Å²) in [5, 5.41) is 1.49. The van der Waals surface area contributed by atoms with Gasteiger partial charge in [0, 0.05) is 16.1 Å². The van der Waals surface area contributed by atoms with Crippen molar-refractivity contribution < 1.29 is 14.3 Å². The maximum atomic E-state index is 13.4. The molecule has 170 valence electrons. The number of hydrogen-bond acceptors (Lipinski definition) is 3. The number of halogens is 2. The number of amides is 1. The van der Waals surface area contributed by atoms with E-state index in [-0.39, 0.29) is 30.4 Å². The lowest BCUT2D eigenvalue weighted by Crippen LogP contribution is -2.64. The highest BCUT2D eigenvalue weighted by atomic mass is 35.5. The Morgan fingerprint density at radius 1 is 1.00 bits per heavy atom. The third-order valence-corrected chi connectivity index (χ3v) is 7.18. The van der Waals surface area contributed by atoms with Crippen LogP contribution >= 0.6 is 23.2 Å². The minimum Gasteiger partial charge on any atom is -0.448 e. The van der Waals surface area contributed by atoms with Gasteiger partial charge < -0.3 is 9.64 Å². The van der Waals surface area contributed by atoms with Crippen LogP contribution in [0.2, 0.25) is 10.0 Å². The lowest BCUT2D eigenvalue weighted by molar-refractivity contribution is -0.211. The average Bonchev–Trinajstić information content (AvgIpc) is 3.59. The van der Waals surface area contributed by atoms with Gasteiger partial charge in [0.2, 0.25) is 5.60 Å². The molecule has 5 rings (SSSR count). The zero-order valence-electron chi connectivity index (χ0n) is 18.3. The van der Waals surface area contributed by atoms with E-state index in [1.165, 1.54) is 12.8 Å². The standard InChI is InChI=1S/C20H24ClNO3.C6H5Cl/c1-2-16(11-13-3-4-13)22-17(14-5-7-15(21)8-6-14)9-10-20(19(22)24)12-18(23)25-20;7-6-4-2-1-3-5-6/h5-8,13,16-17H,2-4,9-12H2,1H3;1-5H/t16?,17?,20-;/m0./s1. The quantitative estimate of drug-likeness (QED) is 0.459. The monoisotopic (exact) mass is 473 g/mol. The van der Waals surface area contributed by atoms with Crippen molar-refractivity contribution in [1.82, 2.24) is 4.90 Å². The van der Waals surface area contributed by atoms with Crippen LogP contribution in [0.1, 0.15) is 63.5 Å². The van der Waals surface area contributed by atoms with Crippen LogP contribution < -0.4 is 0 Å². The number of esters is 1. The molecule has 1 spiro atoms. The molecule has 0 radical (unpaired) electrons. The summed E-state index contributed by atoms with van der Waals surface area (Å²) in [6.07, 6.45) is 6.18. The van der Waals surface area contributed by atoms with E-state index in [2.05, 4.69) is 6.92 Å². The van der Waals surface area contributed by atoms with Crippen LogP contribution in [0.4, 0.5) is 0 Å². The fraction of sp³-hybridized carbons (Fsp3) is 0.462. The number of carbonyl (C=O) groups is 2. The first kappa shape index (κ1) is 23.1. The number of hydrogen-bond donors (Lipinski definition) is 0. The lowest BCUT2D eigenvalue weighted by atomic mass is 9.78. The Kier molecular flexibility index (Phi) is 7.11. The van der Waals surface area contributed by atoms with Crippen molar-refractivity contribution in [2.24, 2.45) is 5.92 Å². The molecule has 3 aliphatic rings. The smallest absolute Gasteiger partial charge is 0.311 e. The molecule has 3 fully saturated rings. The van der Waals surface area contributed by atoms with Gasteiger partial charge in [0.05, 0.1) is 12.5 Å². The van der Waals surface area contributed by atoms with Crippen molar-refractivity contribution in [2.45, 2.75) is 69.6 Å². The van der Waals surface area contributed by atoms with Crippen LogP contribution in [0.25, 0.3) is 0 Å². The van der Waals surface area contributed by atoms with Gasteiger partial charge in [-0.15, -0.1) is 0 Å². The molecule has 0 bridgehead atoms. The SMILES string of the molecule is CCC(CC1CC1)N1C(=O)[C@]2(CCC1c1ccc(Cl)cc1)CC(=O)O2.Clc1ccccc1. The van der Waals surface area contributed by atoms with E-state index in [1.807, 2.05) is 59.5 Å². The van der Waals surface area contributed by atoms with Crippen LogP contribution in [0.15, 0.2) is 54.6 Å². The van der Waals surface area contributed by atoms with Crippen LogP contribution in [-0.2, 0) is 14.3 Å². The summed E-state index contributed by atoms with van der Waals surface area (Å²) in [7, 11) is 0. The molecule has 1 aliphatic carbocycles. The number of likely N-dealkylation sites (tertiary alicyclic amines) is 1. The molecule has 2 aromatic carbocycles. The first-order valence-corrected chi connectivity index (χ1v) is 12.2. The number of benzene rings is 2. The van der Waals surface area contributed by atoms with Crippen LogP contribution in [-0.4, -0.2) is 28.4 Å². The molecule has 2 aliphatic heterocycles. The van der Waals surface area contributed by atoms with E-state index in [4.69, 9.17) is 27.9 Å². The molecule has 2 heterocycles. The topological polar surface area (TPSA) is 46.6 Å². The van der Waals surface area contributed by atoms with Gasteiger partial charge in [-0.05, 0) is 61.4 Å². The second-order valence-corrected chi connectivity index (χ2v) is 9.87.